The molecule has 0 aliphatic carbocycles. The summed E-state index contributed by atoms with van der Waals surface area (Å²) in [7, 11) is 1.51. The molecule has 0 radical (unpaired) electrons. The standard InChI is InChI=1S/C30H29BrFN5O4/c1-4-18-41-23-7-5-6-19(2)25(23)27(20-8-10-21(32)11-9-20)35-14-16-36(17-15-35)28-26-22(12-13-24(31)33-26)34(3)30(38)29(28)37(39)40/h4-13,27H,1,14-18H2,2-3H3/t27-/m0/s1. The zero-order chi connectivity index (χ0) is 29.3. The minimum absolute atomic E-state index is 0.221. The van der Waals surface area contributed by atoms with Gasteiger partial charge in [-0.1, -0.05) is 36.9 Å². The fraction of sp³-hybridized carbons (Fsp3) is 0.267. The lowest BCUT2D eigenvalue weighted by atomic mass is 9.92. The molecule has 2 aromatic heterocycles. The number of anilines is 1. The van der Waals surface area contributed by atoms with Crippen LogP contribution >= 0.6 is 15.9 Å². The number of benzene rings is 2. The molecule has 0 saturated carbocycles. The summed E-state index contributed by atoms with van der Waals surface area (Å²) in [5, 5.41) is 12.2. The number of hydrogen-bond acceptors (Lipinski definition) is 7. The van der Waals surface area contributed by atoms with Crippen LogP contribution in [0.5, 0.6) is 5.75 Å². The molecule has 0 unspecified atom stereocenters. The van der Waals surface area contributed by atoms with E-state index in [1.807, 2.05) is 30.0 Å². The molecule has 0 bridgehead atoms. The highest BCUT2D eigenvalue weighted by Gasteiger charge is 2.35. The van der Waals surface area contributed by atoms with Crippen LogP contribution in [-0.2, 0) is 7.05 Å². The summed E-state index contributed by atoms with van der Waals surface area (Å²) in [4.78, 5) is 33.3. The lowest BCUT2D eigenvalue weighted by molar-refractivity contribution is -0.385. The summed E-state index contributed by atoms with van der Waals surface area (Å²) >= 11 is 3.37. The first kappa shape index (κ1) is 28.4. The van der Waals surface area contributed by atoms with Gasteiger partial charge in [-0.2, -0.15) is 0 Å². The van der Waals surface area contributed by atoms with Crippen molar-refractivity contribution in [2.24, 2.45) is 7.05 Å². The Balaban J connectivity index is 1.56. The number of pyridine rings is 2. The Morgan fingerprint density at radius 3 is 2.51 bits per heavy atom. The molecule has 11 heteroatoms. The van der Waals surface area contributed by atoms with E-state index in [0.29, 0.717) is 54.2 Å². The fourth-order valence-electron chi connectivity index (χ4n) is 5.51. The molecule has 1 aliphatic rings. The maximum Gasteiger partial charge on any atom is 0.359 e. The molecule has 1 aliphatic heterocycles. The highest BCUT2D eigenvalue weighted by molar-refractivity contribution is 9.10. The molecule has 1 atom stereocenters. The minimum Gasteiger partial charge on any atom is -0.489 e. The summed E-state index contributed by atoms with van der Waals surface area (Å²) in [6.45, 7) is 7.95. The second-order valence-electron chi connectivity index (χ2n) is 9.88. The van der Waals surface area contributed by atoms with Gasteiger partial charge >= 0.3 is 11.2 Å². The summed E-state index contributed by atoms with van der Waals surface area (Å²) in [5.74, 6) is 0.387. The van der Waals surface area contributed by atoms with Crippen LogP contribution in [0.1, 0.15) is 22.7 Å². The SMILES string of the molecule is C=CCOc1cccc(C)c1[C@H](c1ccc(F)cc1)N1CCN(c2c([N+](=O)[O-])c(=O)n(C)c3ccc(Br)nc23)CC1. The first-order valence-electron chi connectivity index (χ1n) is 13.1. The van der Waals surface area contributed by atoms with Crippen molar-refractivity contribution in [3.05, 3.63) is 115 Å². The number of piperazine rings is 1. The Hall–Kier alpha value is -4.09. The van der Waals surface area contributed by atoms with E-state index in [4.69, 9.17) is 4.74 Å². The minimum atomic E-state index is -0.683. The molecule has 1 saturated heterocycles. The van der Waals surface area contributed by atoms with Crippen molar-refractivity contribution in [1.29, 1.82) is 0 Å². The van der Waals surface area contributed by atoms with Gasteiger partial charge in [-0.15, -0.1) is 0 Å². The molecule has 5 rings (SSSR count). The monoisotopic (exact) mass is 621 g/mol. The molecule has 0 N–H and O–H groups in total. The third-order valence-electron chi connectivity index (χ3n) is 7.44. The van der Waals surface area contributed by atoms with Crippen LogP contribution in [0, 0.1) is 22.9 Å². The highest BCUT2D eigenvalue weighted by Crippen LogP contribution is 2.39. The Morgan fingerprint density at radius 1 is 1.15 bits per heavy atom. The average molecular weight is 622 g/mol. The van der Waals surface area contributed by atoms with E-state index in [-0.39, 0.29) is 17.5 Å². The predicted molar refractivity (Wildman–Crippen MR) is 160 cm³/mol. The Labute approximate surface area is 244 Å². The maximum absolute atomic E-state index is 13.9. The van der Waals surface area contributed by atoms with Crippen molar-refractivity contribution < 1.29 is 14.1 Å². The molecule has 3 heterocycles. The number of rotatable bonds is 8. The number of fused-ring (bicyclic) bond motifs is 1. The van der Waals surface area contributed by atoms with Crippen LogP contribution in [-0.4, -0.2) is 52.2 Å². The molecule has 4 aromatic rings. The number of halogens is 2. The van der Waals surface area contributed by atoms with Crippen LogP contribution in [0.2, 0.25) is 0 Å². The zero-order valence-electron chi connectivity index (χ0n) is 22.7. The van der Waals surface area contributed by atoms with E-state index in [2.05, 4.69) is 32.4 Å². The Kier molecular flexibility index (Phi) is 8.18. The second kappa shape index (κ2) is 11.8. The zero-order valence-corrected chi connectivity index (χ0v) is 24.3. The van der Waals surface area contributed by atoms with Gasteiger partial charge in [0, 0.05) is 38.8 Å². The maximum atomic E-state index is 13.9. The molecular formula is C30H29BrFN5O4. The first-order chi connectivity index (χ1) is 19.7. The number of nitrogens with zero attached hydrogens (tertiary/aromatic N) is 5. The summed E-state index contributed by atoms with van der Waals surface area (Å²) in [6.07, 6.45) is 1.69. The lowest BCUT2D eigenvalue weighted by Gasteiger charge is -2.41. The largest absolute Gasteiger partial charge is 0.489 e. The van der Waals surface area contributed by atoms with Crippen molar-refractivity contribution in [2.45, 2.75) is 13.0 Å². The molecule has 0 spiro atoms. The van der Waals surface area contributed by atoms with Crippen LogP contribution < -0.4 is 15.2 Å². The van der Waals surface area contributed by atoms with Crippen molar-refractivity contribution in [3.8, 4) is 5.75 Å². The van der Waals surface area contributed by atoms with Gasteiger partial charge in [0.1, 0.15) is 28.3 Å². The molecule has 41 heavy (non-hydrogen) atoms. The van der Waals surface area contributed by atoms with Crippen LogP contribution in [0.4, 0.5) is 15.8 Å². The topological polar surface area (TPSA) is 93.7 Å². The highest BCUT2D eigenvalue weighted by atomic mass is 79.9. The third-order valence-corrected chi connectivity index (χ3v) is 7.88. The van der Waals surface area contributed by atoms with Gasteiger partial charge in [0.25, 0.3) is 0 Å². The van der Waals surface area contributed by atoms with E-state index in [1.54, 1.807) is 30.3 Å². The summed E-state index contributed by atoms with van der Waals surface area (Å²) < 4.78 is 21.8. The molecule has 2 aromatic carbocycles. The van der Waals surface area contributed by atoms with Gasteiger partial charge in [0.2, 0.25) is 0 Å². The van der Waals surface area contributed by atoms with Crippen molar-refractivity contribution >= 4 is 38.3 Å². The van der Waals surface area contributed by atoms with Crippen molar-refractivity contribution in [1.82, 2.24) is 14.5 Å². The normalized spacial score (nSPS) is 14.7. The van der Waals surface area contributed by atoms with E-state index >= 15 is 0 Å². The molecule has 9 nitrogen and oxygen atoms in total. The van der Waals surface area contributed by atoms with Crippen molar-refractivity contribution in [3.63, 3.8) is 0 Å². The van der Waals surface area contributed by atoms with E-state index in [9.17, 15) is 19.3 Å². The molecule has 212 valence electrons. The summed E-state index contributed by atoms with van der Waals surface area (Å²) in [6, 6.07) is 15.5. The van der Waals surface area contributed by atoms with Gasteiger partial charge < -0.3 is 14.2 Å². The Bertz CT molecular complexity index is 1680. The predicted octanol–water partition coefficient (Wildman–Crippen LogP) is 5.53. The van der Waals surface area contributed by atoms with Gasteiger partial charge in [-0.25, -0.2) is 9.37 Å². The average Bonchev–Trinajstić information content (AvgIpc) is 2.96. The molecule has 0 amide bonds. The van der Waals surface area contributed by atoms with Crippen LogP contribution in [0.25, 0.3) is 11.0 Å². The lowest BCUT2D eigenvalue weighted by Crippen LogP contribution is -2.48. The number of nitro groups is 1. The fourth-order valence-corrected chi connectivity index (χ4v) is 5.82. The van der Waals surface area contributed by atoms with Crippen LogP contribution in [0.15, 0.2) is 76.6 Å². The van der Waals surface area contributed by atoms with Gasteiger partial charge in [0.05, 0.1) is 16.5 Å². The van der Waals surface area contributed by atoms with E-state index in [1.165, 1.54) is 23.7 Å². The molecule has 1 fully saturated rings. The molecular weight excluding hydrogens is 593 g/mol. The Morgan fingerprint density at radius 2 is 1.85 bits per heavy atom. The quantitative estimate of drug-likeness (QED) is 0.111. The number of aryl methyl sites for hydroxylation is 2. The van der Waals surface area contributed by atoms with Gasteiger partial charge in [0.15, 0.2) is 5.69 Å². The smallest absolute Gasteiger partial charge is 0.359 e. The number of ether oxygens (including phenoxy) is 1. The third kappa shape index (κ3) is 5.47. The van der Waals surface area contributed by atoms with E-state index in [0.717, 1.165) is 16.7 Å². The second-order valence-corrected chi connectivity index (χ2v) is 10.7. The first-order valence-corrected chi connectivity index (χ1v) is 13.9. The number of aromatic nitrogens is 2. The van der Waals surface area contributed by atoms with E-state index < -0.39 is 16.2 Å². The van der Waals surface area contributed by atoms with Crippen molar-refractivity contribution in [2.75, 3.05) is 37.7 Å². The number of hydrogen-bond donors (Lipinski definition) is 0. The van der Waals surface area contributed by atoms with Crippen LogP contribution in [0.3, 0.4) is 0 Å². The van der Waals surface area contributed by atoms with Gasteiger partial charge in [-0.3, -0.25) is 19.8 Å². The van der Waals surface area contributed by atoms with Gasteiger partial charge in [-0.05, 0) is 64.3 Å². The summed E-state index contributed by atoms with van der Waals surface area (Å²) in [5.41, 5.74) is 2.82.